The molecule has 0 aliphatic heterocycles. The maximum atomic E-state index is 13.1. The summed E-state index contributed by atoms with van der Waals surface area (Å²) in [4.78, 5) is 13.1. The van der Waals surface area contributed by atoms with Crippen LogP contribution in [0.2, 0.25) is 0 Å². The van der Waals surface area contributed by atoms with E-state index in [1.165, 1.54) is 44.8 Å². The van der Waals surface area contributed by atoms with Crippen molar-refractivity contribution >= 4 is 11.0 Å². The number of ether oxygens (including phenoxy) is 1. The number of aromatic hydroxyl groups is 1. The highest BCUT2D eigenvalue weighted by molar-refractivity contribution is 5.87. The molecule has 1 aliphatic rings. The maximum Gasteiger partial charge on any atom is 0.204 e. The molecule has 28 heavy (non-hydrogen) atoms. The van der Waals surface area contributed by atoms with Crippen molar-refractivity contribution in [2.75, 3.05) is 6.61 Å². The molecule has 0 spiro atoms. The summed E-state index contributed by atoms with van der Waals surface area (Å²) in [6.07, 6.45) is 10.4. The minimum atomic E-state index is -0.116. The van der Waals surface area contributed by atoms with Gasteiger partial charge in [-0.25, -0.2) is 0 Å². The van der Waals surface area contributed by atoms with Crippen molar-refractivity contribution in [2.24, 2.45) is 5.92 Å². The van der Waals surface area contributed by atoms with E-state index >= 15 is 0 Å². The van der Waals surface area contributed by atoms with Gasteiger partial charge in [-0.05, 0) is 48.6 Å². The van der Waals surface area contributed by atoms with Gasteiger partial charge in [-0.2, -0.15) is 0 Å². The molecule has 0 radical (unpaired) electrons. The Kier molecular flexibility index (Phi) is 5.65. The van der Waals surface area contributed by atoms with E-state index < -0.39 is 0 Å². The number of hydrogen-bond donors (Lipinski definition) is 1. The molecule has 0 unspecified atom stereocenters. The highest BCUT2D eigenvalue weighted by Crippen LogP contribution is 2.29. The molecule has 1 N–H and O–H groups in total. The minimum Gasteiger partial charge on any atom is -0.508 e. The molecule has 0 atom stereocenters. The second-order valence-electron chi connectivity index (χ2n) is 7.65. The van der Waals surface area contributed by atoms with E-state index in [9.17, 15) is 9.90 Å². The second kappa shape index (κ2) is 8.51. The van der Waals surface area contributed by atoms with Gasteiger partial charge in [0, 0.05) is 0 Å². The van der Waals surface area contributed by atoms with Gasteiger partial charge in [0.15, 0.2) is 0 Å². The van der Waals surface area contributed by atoms with Gasteiger partial charge in [-0.3, -0.25) is 4.79 Å². The Labute approximate surface area is 164 Å². The molecule has 1 aromatic heterocycles. The Hall–Kier alpha value is -2.75. The van der Waals surface area contributed by atoms with Crippen molar-refractivity contribution in [3.63, 3.8) is 0 Å². The van der Waals surface area contributed by atoms with Gasteiger partial charge in [0.1, 0.15) is 28.7 Å². The molecule has 3 aromatic rings. The van der Waals surface area contributed by atoms with Gasteiger partial charge in [-0.1, -0.05) is 50.3 Å². The summed E-state index contributed by atoms with van der Waals surface area (Å²) in [6, 6.07) is 12.0. The van der Waals surface area contributed by atoms with Gasteiger partial charge in [-0.15, -0.1) is 0 Å². The Morgan fingerprint density at radius 3 is 2.61 bits per heavy atom. The molecular formula is C24H26O4. The van der Waals surface area contributed by atoms with Crippen LogP contribution in [0.15, 0.2) is 57.9 Å². The van der Waals surface area contributed by atoms with Crippen molar-refractivity contribution in [2.45, 2.75) is 44.9 Å². The predicted octanol–water partition coefficient (Wildman–Crippen LogP) is 5.90. The van der Waals surface area contributed by atoms with Crippen LogP contribution in [0.25, 0.3) is 22.1 Å². The van der Waals surface area contributed by atoms with Crippen molar-refractivity contribution in [3.05, 3.63) is 59.0 Å². The third-order valence-corrected chi connectivity index (χ3v) is 5.68. The third kappa shape index (κ3) is 4.06. The highest BCUT2D eigenvalue weighted by atomic mass is 16.5. The zero-order valence-corrected chi connectivity index (χ0v) is 16.0. The van der Waals surface area contributed by atoms with E-state index in [4.69, 9.17) is 9.15 Å². The summed E-state index contributed by atoms with van der Waals surface area (Å²) < 4.78 is 11.7. The first-order valence-electron chi connectivity index (χ1n) is 10.2. The zero-order chi connectivity index (χ0) is 19.3. The molecule has 0 amide bonds. The highest BCUT2D eigenvalue weighted by Gasteiger charge is 2.15. The topological polar surface area (TPSA) is 59.7 Å². The number of benzene rings is 2. The monoisotopic (exact) mass is 378 g/mol. The van der Waals surface area contributed by atoms with Crippen molar-refractivity contribution in [1.82, 2.24) is 0 Å². The predicted molar refractivity (Wildman–Crippen MR) is 111 cm³/mol. The number of rotatable bonds is 6. The molecule has 4 heteroatoms. The van der Waals surface area contributed by atoms with E-state index in [0.29, 0.717) is 34.5 Å². The molecule has 0 bridgehead atoms. The van der Waals surface area contributed by atoms with Crippen LogP contribution in [0.1, 0.15) is 44.9 Å². The fourth-order valence-electron chi connectivity index (χ4n) is 4.13. The third-order valence-electron chi connectivity index (χ3n) is 5.68. The van der Waals surface area contributed by atoms with Crippen LogP contribution in [0.3, 0.4) is 0 Å². The maximum absolute atomic E-state index is 13.1. The smallest absolute Gasteiger partial charge is 0.204 e. The van der Waals surface area contributed by atoms with Crippen LogP contribution in [0.5, 0.6) is 11.5 Å². The molecule has 146 valence electrons. The SMILES string of the molecule is O=c1c(-c2ccc(O)cc2)coc2cccc(OCCCC3CCCCC3)c12. The molecular weight excluding hydrogens is 352 g/mol. The summed E-state index contributed by atoms with van der Waals surface area (Å²) in [6.45, 7) is 0.610. The van der Waals surface area contributed by atoms with E-state index in [-0.39, 0.29) is 11.2 Å². The van der Waals surface area contributed by atoms with Crippen LogP contribution in [0.4, 0.5) is 0 Å². The van der Waals surface area contributed by atoms with E-state index in [2.05, 4.69) is 0 Å². The quantitative estimate of drug-likeness (QED) is 0.542. The number of phenols is 1. The minimum absolute atomic E-state index is 0.116. The summed E-state index contributed by atoms with van der Waals surface area (Å²) in [5.74, 6) is 1.57. The average molecular weight is 378 g/mol. The molecule has 4 nitrogen and oxygen atoms in total. The van der Waals surface area contributed by atoms with Crippen LogP contribution in [-0.4, -0.2) is 11.7 Å². The lowest BCUT2D eigenvalue weighted by molar-refractivity contribution is 0.271. The van der Waals surface area contributed by atoms with Gasteiger partial charge in [0.25, 0.3) is 0 Å². The van der Waals surface area contributed by atoms with Crippen LogP contribution >= 0.6 is 0 Å². The number of hydrogen-bond acceptors (Lipinski definition) is 4. The lowest BCUT2D eigenvalue weighted by atomic mass is 9.86. The van der Waals surface area contributed by atoms with Crippen LogP contribution < -0.4 is 10.2 Å². The first-order chi connectivity index (χ1) is 13.7. The molecule has 1 saturated carbocycles. The first kappa shape index (κ1) is 18.6. The average Bonchev–Trinajstić information content (AvgIpc) is 2.73. The molecule has 4 rings (SSSR count). The molecule has 1 fully saturated rings. The van der Waals surface area contributed by atoms with Crippen molar-refractivity contribution < 1.29 is 14.3 Å². The lowest BCUT2D eigenvalue weighted by Crippen LogP contribution is -2.10. The Balaban J connectivity index is 1.53. The normalized spacial score (nSPS) is 15.0. The molecule has 2 aromatic carbocycles. The van der Waals surface area contributed by atoms with E-state index in [1.807, 2.05) is 12.1 Å². The van der Waals surface area contributed by atoms with Crippen molar-refractivity contribution in [1.29, 1.82) is 0 Å². The fourth-order valence-corrected chi connectivity index (χ4v) is 4.13. The van der Waals surface area contributed by atoms with Gasteiger partial charge >= 0.3 is 0 Å². The Morgan fingerprint density at radius 2 is 1.82 bits per heavy atom. The van der Waals surface area contributed by atoms with Gasteiger partial charge < -0.3 is 14.3 Å². The van der Waals surface area contributed by atoms with Gasteiger partial charge in [0.2, 0.25) is 5.43 Å². The zero-order valence-electron chi connectivity index (χ0n) is 16.0. The standard InChI is InChI=1S/C24H26O4/c25-19-13-11-18(12-14-19)20-16-28-22-10-4-9-21(23(22)24(20)26)27-15-5-8-17-6-2-1-3-7-17/h4,9-14,16-17,25H,1-3,5-8,15H2. The van der Waals surface area contributed by atoms with Gasteiger partial charge in [0.05, 0.1) is 12.2 Å². The lowest BCUT2D eigenvalue weighted by Gasteiger charge is -2.21. The number of phenolic OH excluding ortho intramolecular Hbond substituents is 1. The van der Waals surface area contributed by atoms with Crippen LogP contribution in [0, 0.1) is 5.92 Å². The molecule has 1 heterocycles. The second-order valence-corrected chi connectivity index (χ2v) is 7.65. The molecule has 1 aliphatic carbocycles. The largest absolute Gasteiger partial charge is 0.508 e. The Morgan fingerprint density at radius 1 is 1.04 bits per heavy atom. The Bertz CT molecular complexity index is 982. The van der Waals surface area contributed by atoms with Crippen molar-refractivity contribution in [3.8, 4) is 22.6 Å². The summed E-state index contributed by atoms with van der Waals surface area (Å²) in [5, 5.41) is 9.96. The summed E-state index contributed by atoms with van der Waals surface area (Å²) in [5.41, 5.74) is 1.58. The fraction of sp³-hybridized carbons (Fsp3) is 0.375. The summed E-state index contributed by atoms with van der Waals surface area (Å²) >= 11 is 0. The summed E-state index contributed by atoms with van der Waals surface area (Å²) in [7, 11) is 0. The van der Waals surface area contributed by atoms with E-state index in [0.717, 1.165) is 12.3 Å². The first-order valence-corrected chi connectivity index (χ1v) is 10.2. The van der Waals surface area contributed by atoms with E-state index in [1.54, 1.807) is 30.3 Å². The number of fused-ring (bicyclic) bond motifs is 1. The molecule has 0 saturated heterocycles. The van der Waals surface area contributed by atoms with Crippen LogP contribution in [-0.2, 0) is 0 Å².